The molecule has 0 aromatic carbocycles. The number of aryl methyl sites for hydroxylation is 2. The molecule has 1 atom stereocenters. The molecule has 1 fully saturated rings. The Balaban J connectivity index is 1.73. The summed E-state index contributed by atoms with van der Waals surface area (Å²) in [6.45, 7) is 5.57. The van der Waals surface area contributed by atoms with E-state index in [9.17, 15) is 0 Å². The van der Waals surface area contributed by atoms with Crippen LogP contribution in [-0.4, -0.2) is 39.0 Å². The largest absolute Gasteiger partial charge is 0.379 e. The van der Waals surface area contributed by atoms with Gasteiger partial charge in [0.2, 0.25) is 5.95 Å². The monoisotopic (exact) mass is 302 g/mol. The van der Waals surface area contributed by atoms with Gasteiger partial charge < -0.3 is 15.4 Å². The van der Waals surface area contributed by atoms with Crippen molar-refractivity contribution in [2.75, 3.05) is 23.8 Å². The van der Waals surface area contributed by atoms with E-state index >= 15 is 0 Å². The zero-order valence-corrected chi connectivity index (χ0v) is 13.3. The van der Waals surface area contributed by atoms with Crippen LogP contribution < -0.4 is 10.6 Å². The molecule has 7 heteroatoms. The fourth-order valence-electron chi connectivity index (χ4n) is 2.63. The zero-order chi connectivity index (χ0) is 15.5. The number of ether oxygens (including phenoxy) is 1. The standard InChI is InChI=1S/C15H22N6O/c1-10-14(11(2)21(3)20-10)19-15-16-7-6-13(18-15)17-12-5-4-8-22-9-12/h6-7,12H,4-5,8-9H2,1-3H3,(H2,16,17,18,19)/t12-/m1/s1. The quantitative estimate of drug-likeness (QED) is 0.901. The normalized spacial score (nSPS) is 18.2. The van der Waals surface area contributed by atoms with Crippen LogP contribution in [0.3, 0.4) is 0 Å². The van der Waals surface area contributed by atoms with Crippen LogP contribution in [0.2, 0.25) is 0 Å². The van der Waals surface area contributed by atoms with Gasteiger partial charge in [-0.1, -0.05) is 0 Å². The third kappa shape index (κ3) is 3.19. The van der Waals surface area contributed by atoms with E-state index in [0.29, 0.717) is 12.0 Å². The first-order valence-corrected chi connectivity index (χ1v) is 7.58. The van der Waals surface area contributed by atoms with Crippen molar-refractivity contribution < 1.29 is 4.74 Å². The lowest BCUT2D eigenvalue weighted by molar-refractivity contribution is 0.0875. The lowest BCUT2D eigenvalue weighted by Crippen LogP contribution is -2.30. The van der Waals surface area contributed by atoms with Gasteiger partial charge in [-0.25, -0.2) is 4.98 Å². The molecule has 22 heavy (non-hydrogen) atoms. The molecule has 1 aliphatic rings. The molecule has 2 aromatic rings. The number of aromatic nitrogens is 4. The second-order valence-corrected chi connectivity index (χ2v) is 5.62. The van der Waals surface area contributed by atoms with Crippen LogP contribution in [0.25, 0.3) is 0 Å². The first-order valence-electron chi connectivity index (χ1n) is 7.58. The molecule has 3 heterocycles. The van der Waals surface area contributed by atoms with Crippen molar-refractivity contribution >= 4 is 17.5 Å². The molecule has 0 bridgehead atoms. The topological polar surface area (TPSA) is 76.9 Å². The summed E-state index contributed by atoms with van der Waals surface area (Å²) >= 11 is 0. The van der Waals surface area contributed by atoms with Crippen molar-refractivity contribution in [3.63, 3.8) is 0 Å². The van der Waals surface area contributed by atoms with Gasteiger partial charge in [0.1, 0.15) is 5.82 Å². The fourth-order valence-corrected chi connectivity index (χ4v) is 2.63. The molecular weight excluding hydrogens is 280 g/mol. The SMILES string of the molecule is Cc1nn(C)c(C)c1Nc1nccc(N[C@@H]2CCCOC2)n1. The predicted octanol–water partition coefficient (Wildman–Crippen LogP) is 2.16. The summed E-state index contributed by atoms with van der Waals surface area (Å²) in [4.78, 5) is 8.82. The highest BCUT2D eigenvalue weighted by molar-refractivity contribution is 5.60. The van der Waals surface area contributed by atoms with Crippen LogP contribution in [0.5, 0.6) is 0 Å². The van der Waals surface area contributed by atoms with E-state index in [2.05, 4.69) is 25.7 Å². The third-order valence-corrected chi connectivity index (χ3v) is 3.91. The highest BCUT2D eigenvalue weighted by Gasteiger charge is 2.15. The van der Waals surface area contributed by atoms with Gasteiger partial charge in [0, 0.05) is 19.9 Å². The van der Waals surface area contributed by atoms with Crippen LogP contribution >= 0.6 is 0 Å². The zero-order valence-electron chi connectivity index (χ0n) is 13.3. The second-order valence-electron chi connectivity index (χ2n) is 5.62. The minimum Gasteiger partial charge on any atom is -0.379 e. The Bertz CT molecular complexity index is 647. The molecule has 3 rings (SSSR count). The van der Waals surface area contributed by atoms with E-state index in [4.69, 9.17) is 4.74 Å². The molecule has 1 saturated heterocycles. The van der Waals surface area contributed by atoms with Crippen molar-refractivity contribution in [2.24, 2.45) is 7.05 Å². The van der Waals surface area contributed by atoms with E-state index in [-0.39, 0.29) is 0 Å². The minimum absolute atomic E-state index is 0.318. The van der Waals surface area contributed by atoms with E-state index in [1.165, 1.54) is 0 Å². The number of hydrogen-bond acceptors (Lipinski definition) is 6. The van der Waals surface area contributed by atoms with Gasteiger partial charge >= 0.3 is 0 Å². The van der Waals surface area contributed by atoms with Crippen LogP contribution in [0.4, 0.5) is 17.5 Å². The van der Waals surface area contributed by atoms with Gasteiger partial charge in [-0.05, 0) is 32.8 Å². The fraction of sp³-hybridized carbons (Fsp3) is 0.533. The summed E-state index contributed by atoms with van der Waals surface area (Å²) in [6, 6.07) is 2.20. The molecule has 2 aromatic heterocycles. The Kier molecular flexibility index (Phi) is 4.24. The third-order valence-electron chi connectivity index (χ3n) is 3.91. The van der Waals surface area contributed by atoms with Crippen molar-refractivity contribution in [1.82, 2.24) is 19.7 Å². The van der Waals surface area contributed by atoms with Gasteiger partial charge in [-0.2, -0.15) is 10.1 Å². The van der Waals surface area contributed by atoms with Crippen molar-refractivity contribution in [1.29, 1.82) is 0 Å². The number of nitrogens with one attached hydrogen (secondary N) is 2. The van der Waals surface area contributed by atoms with Crippen molar-refractivity contribution in [2.45, 2.75) is 32.7 Å². The van der Waals surface area contributed by atoms with Crippen LogP contribution in [-0.2, 0) is 11.8 Å². The molecule has 0 aliphatic carbocycles. The van der Waals surface area contributed by atoms with E-state index in [1.54, 1.807) is 6.20 Å². The summed E-state index contributed by atoms with van der Waals surface area (Å²) in [5.74, 6) is 1.38. The van der Waals surface area contributed by atoms with E-state index in [1.807, 2.05) is 31.6 Å². The summed E-state index contributed by atoms with van der Waals surface area (Å²) in [5.41, 5.74) is 2.95. The number of rotatable bonds is 4. The van der Waals surface area contributed by atoms with Crippen LogP contribution in [0.1, 0.15) is 24.2 Å². The van der Waals surface area contributed by atoms with Crippen LogP contribution in [0.15, 0.2) is 12.3 Å². The average Bonchev–Trinajstić information content (AvgIpc) is 2.75. The Morgan fingerprint density at radius 2 is 2.23 bits per heavy atom. The van der Waals surface area contributed by atoms with Gasteiger partial charge in [-0.15, -0.1) is 0 Å². The van der Waals surface area contributed by atoms with Gasteiger partial charge in [0.25, 0.3) is 0 Å². The molecule has 7 nitrogen and oxygen atoms in total. The maximum atomic E-state index is 5.48. The Morgan fingerprint density at radius 3 is 2.91 bits per heavy atom. The molecule has 2 N–H and O–H groups in total. The maximum Gasteiger partial charge on any atom is 0.229 e. The second kappa shape index (κ2) is 6.31. The molecule has 0 amide bonds. The lowest BCUT2D eigenvalue weighted by atomic mass is 10.1. The highest BCUT2D eigenvalue weighted by atomic mass is 16.5. The number of nitrogens with zero attached hydrogens (tertiary/aromatic N) is 4. The molecule has 1 aliphatic heterocycles. The van der Waals surface area contributed by atoms with Gasteiger partial charge in [-0.3, -0.25) is 4.68 Å². The Labute approximate surface area is 130 Å². The van der Waals surface area contributed by atoms with Gasteiger partial charge in [0.15, 0.2) is 0 Å². The molecule has 118 valence electrons. The first-order chi connectivity index (χ1) is 10.6. The molecule has 0 saturated carbocycles. The summed E-state index contributed by atoms with van der Waals surface area (Å²) in [5, 5.41) is 11.1. The molecule has 0 spiro atoms. The number of anilines is 3. The average molecular weight is 302 g/mol. The molecule has 0 radical (unpaired) electrons. The Hall–Kier alpha value is -2.15. The minimum atomic E-state index is 0.318. The van der Waals surface area contributed by atoms with Gasteiger partial charge in [0.05, 0.1) is 29.7 Å². The summed E-state index contributed by atoms with van der Waals surface area (Å²) in [7, 11) is 1.93. The maximum absolute atomic E-state index is 5.48. The lowest BCUT2D eigenvalue weighted by Gasteiger charge is -2.23. The smallest absolute Gasteiger partial charge is 0.229 e. The number of hydrogen-bond donors (Lipinski definition) is 2. The summed E-state index contributed by atoms with van der Waals surface area (Å²) < 4.78 is 7.33. The Morgan fingerprint density at radius 1 is 1.36 bits per heavy atom. The highest BCUT2D eigenvalue weighted by Crippen LogP contribution is 2.22. The van der Waals surface area contributed by atoms with Crippen LogP contribution in [0, 0.1) is 13.8 Å². The van der Waals surface area contributed by atoms with Crippen molar-refractivity contribution in [3.05, 3.63) is 23.7 Å². The predicted molar refractivity (Wildman–Crippen MR) is 85.5 cm³/mol. The summed E-state index contributed by atoms with van der Waals surface area (Å²) in [6.07, 6.45) is 3.94. The van der Waals surface area contributed by atoms with E-state index in [0.717, 1.165) is 48.9 Å². The molecule has 0 unspecified atom stereocenters. The van der Waals surface area contributed by atoms with E-state index < -0.39 is 0 Å². The first kappa shape index (κ1) is 14.8. The van der Waals surface area contributed by atoms with Crippen molar-refractivity contribution in [3.8, 4) is 0 Å². The molecular formula is C15H22N6O.